The van der Waals surface area contributed by atoms with Crippen molar-refractivity contribution in [1.29, 1.82) is 0 Å². The van der Waals surface area contributed by atoms with Crippen LogP contribution in [0.4, 0.5) is 0 Å². The maximum atomic E-state index is 13.9. The summed E-state index contributed by atoms with van der Waals surface area (Å²) in [5.41, 5.74) is 12.7. The molecule has 2 atom stereocenters. The quantitative estimate of drug-likeness (QED) is 0.319. The third kappa shape index (κ3) is 4.93. The molecule has 0 bridgehead atoms. The standard InChI is InChI=1S/C28H28N6O4S2/c1-17-12-22(34-21(30-17)13-32(16-35)31-34)39-14-20-15-40-27-23(29)26(36)33(27)24(20)28(37)38-25(18-8-4-2-5-9-18)19-10-6-3-7-11-19/h2-13,23,25,27,31,35H,14-16,29H2,1H3/t23?,27-/m1/s1. The predicted octanol–water partition coefficient (Wildman–Crippen LogP) is 2.65. The molecule has 4 heterocycles. The number of aliphatic imine (C=N–C) groups is 1. The van der Waals surface area contributed by atoms with Gasteiger partial charge in [0.05, 0.1) is 11.2 Å². The molecule has 6 rings (SSSR count). The molecular weight excluding hydrogens is 548 g/mol. The fraction of sp³-hybridized carbons (Fsp3) is 0.250. The molecule has 0 spiro atoms. The number of fused-ring (bicyclic) bond motifs is 2. The predicted molar refractivity (Wildman–Crippen MR) is 155 cm³/mol. The maximum absolute atomic E-state index is 13.9. The van der Waals surface area contributed by atoms with E-state index in [0.717, 1.165) is 27.4 Å². The molecule has 4 aliphatic heterocycles. The van der Waals surface area contributed by atoms with Crippen LogP contribution in [-0.4, -0.2) is 67.3 Å². The number of ether oxygens (including phenoxy) is 1. The molecule has 4 aliphatic rings. The highest BCUT2D eigenvalue weighted by molar-refractivity contribution is 8.03. The zero-order chi connectivity index (χ0) is 27.8. The van der Waals surface area contributed by atoms with Gasteiger partial charge in [-0.25, -0.2) is 14.8 Å². The molecule has 40 heavy (non-hydrogen) atoms. The SMILES string of the molecule is CC1=NC2=CN(CO)NN2C(SCC2=C(C(=O)OC(c3ccccc3)c3ccccc3)N3C(=O)C(N)[C@H]3SC2)=C1. The first-order chi connectivity index (χ1) is 19.4. The first-order valence-corrected chi connectivity index (χ1v) is 14.8. The summed E-state index contributed by atoms with van der Waals surface area (Å²) in [5, 5.41) is 13.4. The number of thioether (sulfide) groups is 2. The number of nitrogens with one attached hydrogen (secondary N) is 1. The summed E-state index contributed by atoms with van der Waals surface area (Å²) < 4.78 is 6.19. The molecule has 4 N–H and O–H groups in total. The Hall–Kier alpha value is -3.55. The summed E-state index contributed by atoms with van der Waals surface area (Å²) >= 11 is 3.06. The lowest BCUT2D eigenvalue weighted by atomic mass is 10.0. The Morgan fingerprint density at radius 1 is 1.20 bits per heavy atom. The highest BCUT2D eigenvalue weighted by Crippen LogP contribution is 2.42. The molecule has 0 aliphatic carbocycles. The summed E-state index contributed by atoms with van der Waals surface area (Å²) in [6.45, 7) is 1.68. The number of benzene rings is 2. The minimum atomic E-state index is -0.646. The van der Waals surface area contributed by atoms with Crippen LogP contribution in [0.5, 0.6) is 0 Å². The van der Waals surface area contributed by atoms with Crippen LogP contribution in [-0.2, 0) is 14.3 Å². The van der Waals surface area contributed by atoms with Crippen LogP contribution in [0.15, 0.2) is 100 Å². The fourth-order valence-electron chi connectivity index (χ4n) is 4.87. The number of carbonyl (C=O) groups excluding carboxylic acids is 2. The monoisotopic (exact) mass is 576 g/mol. The summed E-state index contributed by atoms with van der Waals surface area (Å²) in [7, 11) is 0. The Kier molecular flexibility index (Phi) is 7.43. The van der Waals surface area contributed by atoms with Crippen molar-refractivity contribution in [2.75, 3.05) is 18.2 Å². The second-order valence-corrected chi connectivity index (χ2v) is 11.7. The zero-order valence-electron chi connectivity index (χ0n) is 21.6. The van der Waals surface area contributed by atoms with Gasteiger partial charge in [-0.15, -0.1) is 29.1 Å². The van der Waals surface area contributed by atoms with Gasteiger partial charge in [0.2, 0.25) is 5.91 Å². The van der Waals surface area contributed by atoms with Crippen LogP contribution < -0.4 is 11.3 Å². The Morgan fingerprint density at radius 2 is 1.88 bits per heavy atom. The number of allylic oxidation sites excluding steroid dienone is 1. The number of hydrogen-bond donors (Lipinski definition) is 3. The molecular formula is C28H28N6O4S2. The third-order valence-corrected chi connectivity index (χ3v) is 9.28. The molecule has 0 radical (unpaired) electrons. The van der Waals surface area contributed by atoms with E-state index < -0.39 is 18.1 Å². The van der Waals surface area contributed by atoms with Gasteiger partial charge in [-0.05, 0) is 29.7 Å². The van der Waals surface area contributed by atoms with Gasteiger partial charge < -0.3 is 15.6 Å². The van der Waals surface area contributed by atoms with Gasteiger partial charge in [-0.2, -0.15) is 0 Å². The number of carbonyl (C=O) groups is 2. The Bertz CT molecular complexity index is 1410. The number of esters is 1. The lowest BCUT2D eigenvalue weighted by Crippen LogP contribution is -2.68. The van der Waals surface area contributed by atoms with Crippen LogP contribution in [0, 0.1) is 0 Å². The van der Waals surface area contributed by atoms with Gasteiger partial charge in [0, 0.05) is 17.2 Å². The maximum Gasteiger partial charge on any atom is 0.356 e. The van der Waals surface area contributed by atoms with E-state index in [1.54, 1.807) is 23.0 Å². The van der Waals surface area contributed by atoms with Crippen LogP contribution in [0.3, 0.4) is 0 Å². The zero-order valence-corrected chi connectivity index (χ0v) is 23.3. The van der Waals surface area contributed by atoms with E-state index in [-0.39, 0.29) is 23.7 Å². The van der Waals surface area contributed by atoms with Gasteiger partial charge in [0.1, 0.15) is 23.8 Å². The molecule has 12 heteroatoms. The summed E-state index contributed by atoms with van der Waals surface area (Å²) in [6.07, 6.45) is 3.01. The minimum Gasteiger partial charge on any atom is -0.448 e. The fourth-order valence-corrected chi connectivity index (χ4v) is 7.37. The molecule has 1 fully saturated rings. The Morgan fingerprint density at radius 3 is 2.52 bits per heavy atom. The van der Waals surface area contributed by atoms with Gasteiger partial charge in [-0.1, -0.05) is 60.7 Å². The topological polar surface area (TPSA) is 124 Å². The van der Waals surface area contributed by atoms with E-state index in [1.807, 2.05) is 73.7 Å². The Balaban J connectivity index is 1.30. The van der Waals surface area contributed by atoms with Gasteiger partial charge in [0.25, 0.3) is 0 Å². The smallest absolute Gasteiger partial charge is 0.356 e. The van der Waals surface area contributed by atoms with Crippen molar-refractivity contribution >= 4 is 41.1 Å². The van der Waals surface area contributed by atoms with E-state index in [2.05, 4.69) is 10.5 Å². The van der Waals surface area contributed by atoms with Crippen molar-refractivity contribution in [2.45, 2.75) is 24.4 Å². The van der Waals surface area contributed by atoms with Crippen molar-refractivity contribution in [2.24, 2.45) is 10.7 Å². The molecule has 2 aromatic rings. The largest absolute Gasteiger partial charge is 0.448 e. The molecule has 1 unspecified atom stereocenters. The molecule has 10 nitrogen and oxygen atoms in total. The molecule has 206 valence electrons. The van der Waals surface area contributed by atoms with Crippen molar-refractivity contribution in [1.82, 2.24) is 20.5 Å². The van der Waals surface area contributed by atoms with E-state index in [1.165, 1.54) is 21.7 Å². The first kappa shape index (κ1) is 26.7. The molecule has 0 aromatic heterocycles. The summed E-state index contributed by atoms with van der Waals surface area (Å²) in [4.78, 5) is 32.9. The lowest BCUT2D eigenvalue weighted by molar-refractivity contribution is -0.153. The number of hydrazine groups is 2. The second kappa shape index (κ2) is 11.1. The number of β-lactam (4-membered cyclic amide) rings is 1. The number of amides is 1. The number of rotatable bonds is 8. The third-order valence-electron chi connectivity index (χ3n) is 6.83. The van der Waals surface area contributed by atoms with Crippen LogP contribution in [0.1, 0.15) is 24.2 Å². The van der Waals surface area contributed by atoms with Crippen LogP contribution >= 0.6 is 23.5 Å². The van der Waals surface area contributed by atoms with Crippen molar-refractivity contribution < 1.29 is 19.4 Å². The average molecular weight is 577 g/mol. The van der Waals surface area contributed by atoms with Crippen LogP contribution in [0.2, 0.25) is 0 Å². The summed E-state index contributed by atoms with van der Waals surface area (Å²) in [5.74, 6) is 0.794. The van der Waals surface area contributed by atoms with Gasteiger partial charge >= 0.3 is 5.97 Å². The molecule has 0 saturated carbocycles. The normalized spacial score (nSPS) is 21.9. The van der Waals surface area contributed by atoms with E-state index in [4.69, 9.17) is 10.5 Å². The highest BCUT2D eigenvalue weighted by atomic mass is 32.2. The Labute approximate surface area is 240 Å². The van der Waals surface area contributed by atoms with Crippen molar-refractivity contribution in [3.8, 4) is 0 Å². The average Bonchev–Trinajstić information content (AvgIpc) is 3.41. The van der Waals surface area contributed by atoms with Crippen molar-refractivity contribution in [3.63, 3.8) is 0 Å². The first-order valence-electron chi connectivity index (χ1n) is 12.7. The number of aliphatic hydroxyl groups excluding tert-OH is 1. The van der Waals surface area contributed by atoms with Crippen molar-refractivity contribution in [3.05, 3.63) is 106 Å². The van der Waals surface area contributed by atoms with Crippen LogP contribution in [0.25, 0.3) is 0 Å². The number of nitrogens with two attached hydrogens (primary N) is 1. The second-order valence-electron chi connectivity index (χ2n) is 9.55. The molecule has 1 saturated heterocycles. The van der Waals surface area contributed by atoms with Gasteiger partial charge in [-0.3, -0.25) is 14.7 Å². The van der Waals surface area contributed by atoms with E-state index in [0.29, 0.717) is 17.3 Å². The summed E-state index contributed by atoms with van der Waals surface area (Å²) in [6, 6.07) is 18.5. The minimum absolute atomic E-state index is 0.215. The number of nitrogens with zero attached hydrogens (tertiary/aromatic N) is 4. The van der Waals surface area contributed by atoms with Gasteiger partial charge in [0.15, 0.2) is 11.9 Å². The molecule has 2 aromatic carbocycles. The van der Waals surface area contributed by atoms with E-state index >= 15 is 0 Å². The van der Waals surface area contributed by atoms with E-state index in [9.17, 15) is 14.7 Å². The lowest BCUT2D eigenvalue weighted by Gasteiger charge is -2.48. The highest BCUT2D eigenvalue weighted by Gasteiger charge is 2.52. The number of aliphatic hydroxyl groups is 1. The molecule has 1 amide bonds. The number of hydrogen-bond acceptors (Lipinski definition) is 11.